The minimum atomic E-state index is -1.16. The number of carbonyl (C=O) groups is 1. The lowest BCUT2D eigenvalue weighted by Gasteiger charge is -2.18. The van der Waals surface area contributed by atoms with Crippen molar-refractivity contribution in [1.29, 1.82) is 0 Å². The lowest BCUT2D eigenvalue weighted by Crippen LogP contribution is -2.44. The molecule has 18 heavy (non-hydrogen) atoms. The molecule has 0 aliphatic heterocycles. The van der Waals surface area contributed by atoms with Crippen LogP contribution < -0.4 is 11.3 Å². The van der Waals surface area contributed by atoms with Crippen molar-refractivity contribution >= 4 is 17.7 Å². The summed E-state index contributed by atoms with van der Waals surface area (Å²) in [4.78, 5) is 28.4. The Balaban J connectivity index is 2.24. The Labute approximate surface area is 109 Å². The van der Waals surface area contributed by atoms with Gasteiger partial charge in [-0.3, -0.25) is 9.59 Å². The molecule has 0 aliphatic carbocycles. The SMILES string of the molecule is CC(N)(CCCCSc1nccc(=O)[nH]1)C(=O)O. The summed E-state index contributed by atoms with van der Waals surface area (Å²) >= 11 is 1.44. The lowest BCUT2D eigenvalue weighted by molar-refractivity contribution is -0.142. The molecular weight excluding hydrogens is 254 g/mol. The molecule has 1 heterocycles. The van der Waals surface area contributed by atoms with Gasteiger partial charge in [-0.05, 0) is 19.8 Å². The molecule has 1 aromatic rings. The highest BCUT2D eigenvalue weighted by Crippen LogP contribution is 2.16. The average Bonchev–Trinajstić information content (AvgIpc) is 2.28. The van der Waals surface area contributed by atoms with Crippen molar-refractivity contribution in [3.8, 4) is 0 Å². The van der Waals surface area contributed by atoms with Gasteiger partial charge in [0.15, 0.2) is 5.16 Å². The van der Waals surface area contributed by atoms with Crippen LogP contribution in [0.4, 0.5) is 0 Å². The predicted molar refractivity (Wildman–Crippen MR) is 69.7 cm³/mol. The first kappa shape index (κ1) is 14.7. The number of aromatic amines is 1. The number of unbranched alkanes of at least 4 members (excludes halogenated alkanes) is 1. The van der Waals surface area contributed by atoms with Crippen molar-refractivity contribution in [3.63, 3.8) is 0 Å². The van der Waals surface area contributed by atoms with Gasteiger partial charge in [0.05, 0.1) is 0 Å². The third kappa shape index (κ3) is 4.89. The average molecular weight is 271 g/mol. The molecule has 4 N–H and O–H groups in total. The molecule has 0 radical (unpaired) electrons. The summed E-state index contributed by atoms with van der Waals surface area (Å²) in [7, 11) is 0. The van der Waals surface area contributed by atoms with E-state index in [1.165, 1.54) is 30.9 Å². The summed E-state index contributed by atoms with van der Waals surface area (Å²) in [6, 6.07) is 1.36. The van der Waals surface area contributed by atoms with Crippen LogP contribution in [0.2, 0.25) is 0 Å². The van der Waals surface area contributed by atoms with E-state index in [1.54, 1.807) is 0 Å². The van der Waals surface area contributed by atoms with Crippen molar-refractivity contribution in [3.05, 3.63) is 22.6 Å². The summed E-state index contributed by atoms with van der Waals surface area (Å²) in [6.07, 6.45) is 3.44. The topological polar surface area (TPSA) is 109 Å². The van der Waals surface area contributed by atoms with Gasteiger partial charge in [0.1, 0.15) is 5.54 Å². The fraction of sp³-hybridized carbons (Fsp3) is 0.545. The number of carboxylic acids is 1. The van der Waals surface area contributed by atoms with E-state index in [2.05, 4.69) is 9.97 Å². The normalized spacial score (nSPS) is 14.1. The molecule has 0 bridgehead atoms. The van der Waals surface area contributed by atoms with E-state index >= 15 is 0 Å². The van der Waals surface area contributed by atoms with Crippen LogP contribution in [0.3, 0.4) is 0 Å². The maximum Gasteiger partial charge on any atom is 0.323 e. The van der Waals surface area contributed by atoms with Gasteiger partial charge in [0, 0.05) is 18.0 Å². The van der Waals surface area contributed by atoms with E-state index in [4.69, 9.17) is 10.8 Å². The van der Waals surface area contributed by atoms with E-state index in [0.29, 0.717) is 11.6 Å². The molecule has 0 saturated heterocycles. The number of aromatic nitrogens is 2. The molecule has 0 saturated carbocycles. The summed E-state index contributed by atoms with van der Waals surface area (Å²) in [5, 5.41) is 9.41. The molecule has 0 aliphatic rings. The molecule has 1 aromatic heterocycles. The van der Waals surface area contributed by atoms with Crippen LogP contribution in [0.25, 0.3) is 0 Å². The first-order chi connectivity index (χ1) is 8.42. The van der Waals surface area contributed by atoms with Crippen LogP contribution in [0, 0.1) is 0 Å². The first-order valence-corrected chi connectivity index (χ1v) is 6.61. The molecule has 100 valence electrons. The highest BCUT2D eigenvalue weighted by atomic mass is 32.2. The Bertz CT molecular complexity index is 459. The number of hydrogen-bond acceptors (Lipinski definition) is 5. The van der Waals surface area contributed by atoms with E-state index in [0.717, 1.165) is 18.6 Å². The Morgan fingerprint density at radius 2 is 2.33 bits per heavy atom. The number of H-pyrrole nitrogens is 1. The molecule has 0 spiro atoms. The summed E-state index contributed by atoms with van der Waals surface area (Å²) in [5.41, 5.74) is 4.27. The van der Waals surface area contributed by atoms with Gasteiger partial charge < -0.3 is 15.8 Å². The van der Waals surface area contributed by atoms with Crippen LogP contribution in [-0.4, -0.2) is 32.3 Å². The Kier molecular flexibility index (Phi) is 5.36. The minimum Gasteiger partial charge on any atom is -0.480 e. The highest BCUT2D eigenvalue weighted by Gasteiger charge is 2.26. The molecule has 6 nitrogen and oxygen atoms in total. The maximum absolute atomic E-state index is 11.0. The zero-order valence-electron chi connectivity index (χ0n) is 10.2. The second-order valence-corrected chi connectivity index (χ2v) is 5.35. The fourth-order valence-electron chi connectivity index (χ4n) is 1.30. The van der Waals surface area contributed by atoms with E-state index in [9.17, 15) is 9.59 Å². The van der Waals surface area contributed by atoms with Gasteiger partial charge in [0.2, 0.25) is 0 Å². The Morgan fingerprint density at radius 3 is 2.94 bits per heavy atom. The van der Waals surface area contributed by atoms with Crippen LogP contribution in [0.1, 0.15) is 26.2 Å². The highest BCUT2D eigenvalue weighted by molar-refractivity contribution is 7.99. The largest absolute Gasteiger partial charge is 0.480 e. The number of carboxylic acid groups (broad SMARTS) is 1. The monoisotopic (exact) mass is 271 g/mol. The van der Waals surface area contributed by atoms with Gasteiger partial charge in [-0.25, -0.2) is 4.98 Å². The zero-order chi connectivity index (χ0) is 13.6. The number of aliphatic carboxylic acids is 1. The van der Waals surface area contributed by atoms with Gasteiger partial charge >= 0.3 is 5.97 Å². The Morgan fingerprint density at radius 1 is 1.61 bits per heavy atom. The van der Waals surface area contributed by atoms with Crippen LogP contribution in [0.15, 0.2) is 22.2 Å². The zero-order valence-corrected chi connectivity index (χ0v) is 11.0. The first-order valence-electron chi connectivity index (χ1n) is 5.62. The number of nitrogens with zero attached hydrogens (tertiary/aromatic N) is 1. The molecule has 1 unspecified atom stereocenters. The number of nitrogens with one attached hydrogen (secondary N) is 1. The standard InChI is InChI=1S/C11H17N3O3S/c1-11(12,9(16)17)5-2-3-7-18-10-13-6-4-8(15)14-10/h4,6H,2-3,5,7,12H2,1H3,(H,16,17)(H,13,14,15). The van der Waals surface area contributed by atoms with Crippen LogP contribution in [-0.2, 0) is 4.79 Å². The fourth-order valence-corrected chi connectivity index (χ4v) is 2.15. The van der Waals surface area contributed by atoms with Gasteiger partial charge in [0.25, 0.3) is 5.56 Å². The van der Waals surface area contributed by atoms with Gasteiger partial charge in [-0.1, -0.05) is 18.2 Å². The summed E-state index contributed by atoms with van der Waals surface area (Å²) < 4.78 is 0. The van der Waals surface area contributed by atoms with Crippen LogP contribution in [0.5, 0.6) is 0 Å². The van der Waals surface area contributed by atoms with E-state index < -0.39 is 11.5 Å². The molecule has 7 heteroatoms. The Hall–Kier alpha value is -1.34. The van der Waals surface area contributed by atoms with Crippen LogP contribution >= 0.6 is 11.8 Å². The third-order valence-corrected chi connectivity index (χ3v) is 3.44. The number of rotatable bonds is 7. The van der Waals surface area contributed by atoms with Gasteiger partial charge in [-0.15, -0.1) is 0 Å². The smallest absolute Gasteiger partial charge is 0.323 e. The number of thioether (sulfide) groups is 1. The van der Waals surface area contributed by atoms with Crippen molar-refractivity contribution < 1.29 is 9.90 Å². The molecule has 0 fully saturated rings. The van der Waals surface area contributed by atoms with Crippen molar-refractivity contribution in [2.75, 3.05) is 5.75 Å². The second-order valence-electron chi connectivity index (χ2n) is 4.27. The number of nitrogens with two attached hydrogens (primary N) is 1. The summed E-state index contributed by atoms with van der Waals surface area (Å²) in [6.45, 7) is 1.51. The number of hydrogen-bond donors (Lipinski definition) is 3. The van der Waals surface area contributed by atoms with E-state index in [-0.39, 0.29) is 5.56 Å². The molecule has 1 atom stereocenters. The van der Waals surface area contributed by atoms with Crippen molar-refractivity contribution in [1.82, 2.24) is 9.97 Å². The lowest BCUT2D eigenvalue weighted by atomic mass is 9.97. The third-order valence-electron chi connectivity index (χ3n) is 2.47. The van der Waals surface area contributed by atoms with Crippen molar-refractivity contribution in [2.45, 2.75) is 36.9 Å². The molecule has 1 rings (SSSR count). The van der Waals surface area contributed by atoms with E-state index in [1.807, 2.05) is 0 Å². The molecule has 0 aromatic carbocycles. The van der Waals surface area contributed by atoms with Crippen molar-refractivity contribution in [2.24, 2.45) is 5.73 Å². The molecular formula is C11H17N3O3S. The molecule has 0 amide bonds. The predicted octanol–water partition coefficient (Wildman–Crippen LogP) is 0.834. The second kappa shape index (κ2) is 6.55. The quantitative estimate of drug-likeness (QED) is 0.385. The van der Waals surface area contributed by atoms with Gasteiger partial charge in [-0.2, -0.15) is 0 Å². The minimum absolute atomic E-state index is 0.173. The summed E-state index contributed by atoms with van der Waals surface area (Å²) in [5.74, 6) is -0.216. The maximum atomic E-state index is 11.0.